The Morgan fingerprint density at radius 1 is 1.29 bits per heavy atom. The molecule has 0 aromatic heterocycles. The van der Waals surface area contributed by atoms with Crippen LogP contribution in [0.15, 0.2) is 0 Å². The van der Waals surface area contributed by atoms with Crippen LogP contribution in [0.2, 0.25) is 0 Å². The topological polar surface area (TPSA) is 32.3 Å². The number of likely N-dealkylation sites (tertiary alicyclic amines) is 1. The smallest absolute Gasteiger partial charge is 0.223 e. The van der Waals surface area contributed by atoms with Crippen LogP contribution in [0, 0.1) is 11.8 Å². The van der Waals surface area contributed by atoms with Crippen molar-refractivity contribution >= 4 is 5.91 Å². The summed E-state index contributed by atoms with van der Waals surface area (Å²) in [6, 6.07) is 0.475. The lowest BCUT2D eigenvalue weighted by molar-refractivity contribution is -0.134. The van der Waals surface area contributed by atoms with Crippen LogP contribution in [-0.2, 0) is 4.79 Å². The molecule has 1 amide bonds. The summed E-state index contributed by atoms with van der Waals surface area (Å²) in [5.74, 6) is 1.95. The Bertz CT molecular complexity index is 253. The number of nitrogens with zero attached hydrogens (tertiary/aromatic N) is 1. The molecular formula is C14H26N2O. The van der Waals surface area contributed by atoms with E-state index in [1.807, 2.05) is 0 Å². The predicted molar refractivity (Wildman–Crippen MR) is 69.8 cm³/mol. The highest BCUT2D eigenvalue weighted by molar-refractivity contribution is 5.76. The summed E-state index contributed by atoms with van der Waals surface area (Å²) in [6.45, 7) is 7.11. The third kappa shape index (κ3) is 3.70. The third-order valence-electron chi connectivity index (χ3n) is 4.09. The molecule has 1 saturated carbocycles. The highest BCUT2D eigenvalue weighted by atomic mass is 16.2. The van der Waals surface area contributed by atoms with Crippen molar-refractivity contribution in [3.63, 3.8) is 0 Å². The van der Waals surface area contributed by atoms with E-state index in [4.69, 9.17) is 0 Å². The molecule has 1 N–H and O–H groups in total. The van der Waals surface area contributed by atoms with Crippen molar-refractivity contribution in [2.75, 3.05) is 19.6 Å². The van der Waals surface area contributed by atoms with Crippen LogP contribution in [0.4, 0.5) is 0 Å². The van der Waals surface area contributed by atoms with Gasteiger partial charge in [0.2, 0.25) is 5.91 Å². The van der Waals surface area contributed by atoms with Gasteiger partial charge in [-0.2, -0.15) is 0 Å². The molecule has 1 aliphatic heterocycles. The fraction of sp³-hybridized carbons (Fsp3) is 0.929. The van der Waals surface area contributed by atoms with Crippen molar-refractivity contribution in [3.05, 3.63) is 0 Å². The molecule has 0 spiro atoms. The summed E-state index contributed by atoms with van der Waals surface area (Å²) in [6.07, 6.45) is 6.09. The Labute approximate surface area is 105 Å². The summed E-state index contributed by atoms with van der Waals surface area (Å²) in [5, 5.41) is 3.32. The second-order valence-corrected chi connectivity index (χ2v) is 6.06. The third-order valence-corrected chi connectivity index (χ3v) is 4.09. The minimum Gasteiger partial charge on any atom is -0.342 e. The first-order chi connectivity index (χ1) is 8.15. The van der Waals surface area contributed by atoms with E-state index in [9.17, 15) is 4.79 Å². The molecule has 98 valence electrons. The van der Waals surface area contributed by atoms with Crippen molar-refractivity contribution < 1.29 is 4.79 Å². The van der Waals surface area contributed by atoms with E-state index < -0.39 is 0 Å². The first-order valence-corrected chi connectivity index (χ1v) is 7.16. The summed E-state index contributed by atoms with van der Waals surface area (Å²) in [4.78, 5) is 14.2. The molecule has 0 aromatic rings. The molecule has 2 aliphatic rings. The fourth-order valence-corrected chi connectivity index (χ4v) is 3.26. The molecular weight excluding hydrogens is 212 g/mol. The molecule has 17 heavy (non-hydrogen) atoms. The number of carbonyl (C=O) groups excluding carboxylic acids is 1. The lowest BCUT2D eigenvalue weighted by Crippen LogP contribution is -2.46. The van der Waals surface area contributed by atoms with Crippen molar-refractivity contribution in [1.82, 2.24) is 10.2 Å². The van der Waals surface area contributed by atoms with E-state index in [1.165, 1.54) is 25.7 Å². The number of amides is 1. The minimum absolute atomic E-state index is 0.356. The van der Waals surface area contributed by atoms with E-state index >= 15 is 0 Å². The van der Waals surface area contributed by atoms with Gasteiger partial charge >= 0.3 is 0 Å². The Kier molecular flexibility index (Phi) is 4.43. The molecule has 1 heterocycles. The van der Waals surface area contributed by atoms with Gasteiger partial charge in [0, 0.05) is 32.1 Å². The molecule has 1 aliphatic carbocycles. The van der Waals surface area contributed by atoms with Crippen LogP contribution in [0.1, 0.15) is 46.0 Å². The van der Waals surface area contributed by atoms with Crippen LogP contribution in [0.25, 0.3) is 0 Å². The monoisotopic (exact) mass is 238 g/mol. The van der Waals surface area contributed by atoms with Gasteiger partial charge in [0.15, 0.2) is 0 Å². The van der Waals surface area contributed by atoms with Crippen LogP contribution < -0.4 is 5.32 Å². The normalized spacial score (nSPS) is 28.5. The number of hydrogen-bond donors (Lipinski definition) is 1. The van der Waals surface area contributed by atoms with Gasteiger partial charge in [-0.3, -0.25) is 4.79 Å². The Balaban J connectivity index is 1.75. The molecule has 3 nitrogen and oxygen atoms in total. The predicted octanol–water partition coefficient (Wildman–Crippen LogP) is 2.02. The summed E-state index contributed by atoms with van der Waals surface area (Å²) >= 11 is 0. The number of rotatable bonds is 4. The van der Waals surface area contributed by atoms with Crippen LogP contribution in [0.3, 0.4) is 0 Å². The summed E-state index contributed by atoms with van der Waals surface area (Å²) < 4.78 is 0. The van der Waals surface area contributed by atoms with Gasteiger partial charge in [-0.05, 0) is 31.1 Å². The largest absolute Gasteiger partial charge is 0.342 e. The number of fused-ring (bicyclic) bond motifs is 2. The molecule has 2 atom stereocenters. The van der Waals surface area contributed by atoms with E-state index in [1.54, 1.807) is 0 Å². The van der Waals surface area contributed by atoms with Crippen molar-refractivity contribution in [2.24, 2.45) is 11.8 Å². The van der Waals surface area contributed by atoms with Gasteiger partial charge in [-0.15, -0.1) is 0 Å². The van der Waals surface area contributed by atoms with Crippen LogP contribution >= 0.6 is 0 Å². The molecule has 2 fully saturated rings. The van der Waals surface area contributed by atoms with Crippen LogP contribution in [0.5, 0.6) is 0 Å². The zero-order valence-electron chi connectivity index (χ0n) is 11.2. The standard InChI is InChI=1S/C14H26N2O/c1-11(2)15-7-6-14(17)16-9-12-4-3-5-13(8-12)10-16/h11-13,15H,3-10H2,1-2H3. The van der Waals surface area contributed by atoms with E-state index in [0.29, 0.717) is 18.4 Å². The van der Waals surface area contributed by atoms with E-state index in [0.717, 1.165) is 31.5 Å². The molecule has 0 aromatic carbocycles. The average Bonchev–Trinajstić information content (AvgIpc) is 2.27. The van der Waals surface area contributed by atoms with Gasteiger partial charge < -0.3 is 10.2 Å². The molecule has 2 unspecified atom stereocenters. The Morgan fingerprint density at radius 2 is 1.94 bits per heavy atom. The van der Waals surface area contributed by atoms with Gasteiger partial charge in [0.25, 0.3) is 0 Å². The zero-order valence-corrected chi connectivity index (χ0v) is 11.2. The van der Waals surface area contributed by atoms with Crippen molar-refractivity contribution in [1.29, 1.82) is 0 Å². The van der Waals surface area contributed by atoms with Gasteiger partial charge in [0.1, 0.15) is 0 Å². The SMILES string of the molecule is CC(C)NCCC(=O)N1CC2CCCC(C2)C1. The fourth-order valence-electron chi connectivity index (χ4n) is 3.26. The first-order valence-electron chi connectivity index (χ1n) is 7.16. The van der Waals surface area contributed by atoms with E-state index in [2.05, 4.69) is 24.1 Å². The lowest BCUT2D eigenvalue weighted by atomic mass is 9.78. The molecule has 2 rings (SSSR count). The van der Waals surface area contributed by atoms with Gasteiger partial charge in [-0.25, -0.2) is 0 Å². The van der Waals surface area contributed by atoms with Crippen LogP contribution in [-0.4, -0.2) is 36.5 Å². The molecule has 2 bridgehead atoms. The molecule has 3 heteroatoms. The highest BCUT2D eigenvalue weighted by Crippen LogP contribution is 2.34. The van der Waals surface area contributed by atoms with Gasteiger partial charge in [-0.1, -0.05) is 20.3 Å². The first kappa shape index (κ1) is 12.9. The number of nitrogens with one attached hydrogen (secondary N) is 1. The summed E-state index contributed by atoms with van der Waals surface area (Å²) in [7, 11) is 0. The molecule has 1 saturated heterocycles. The van der Waals surface area contributed by atoms with Crippen molar-refractivity contribution in [3.8, 4) is 0 Å². The van der Waals surface area contributed by atoms with Crippen molar-refractivity contribution in [2.45, 2.75) is 52.0 Å². The summed E-state index contributed by atoms with van der Waals surface area (Å²) in [5.41, 5.74) is 0. The average molecular weight is 238 g/mol. The minimum atomic E-state index is 0.356. The second-order valence-electron chi connectivity index (χ2n) is 6.06. The number of carbonyl (C=O) groups is 1. The van der Waals surface area contributed by atoms with Gasteiger partial charge in [0.05, 0.1) is 0 Å². The molecule has 0 radical (unpaired) electrons. The zero-order chi connectivity index (χ0) is 12.3. The maximum atomic E-state index is 12.1. The second kappa shape index (κ2) is 5.85. The highest BCUT2D eigenvalue weighted by Gasteiger charge is 2.32. The maximum absolute atomic E-state index is 12.1. The lowest BCUT2D eigenvalue weighted by Gasteiger charge is -2.41. The maximum Gasteiger partial charge on any atom is 0.223 e. The number of hydrogen-bond acceptors (Lipinski definition) is 2. The number of piperidine rings is 1. The van der Waals surface area contributed by atoms with E-state index in [-0.39, 0.29) is 0 Å². The Hall–Kier alpha value is -0.570. The quantitative estimate of drug-likeness (QED) is 0.812. The Morgan fingerprint density at radius 3 is 2.53 bits per heavy atom.